The maximum absolute atomic E-state index is 13.5. The third-order valence-corrected chi connectivity index (χ3v) is 4.33. The van der Waals surface area contributed by atoms with Gasteiger partial charge in [0, 0.05) is 36.2 Å². The summed E-state index contributed by atoms with van der Waals surface area (Å²) in [6, 6.07) is 6.19. The smallest absolute Gasteiger partial charge is 0.124 e. The molecule has 1 aliphatic heterocycles. The van der Waals surface area contributed by atoms with Gasteiger partial charge in [0.1, 0.15) is 5.82 Å². The van der Waals surface area contributed by atoms with E-state index in [1.807, 2.05) is 6.07 Å². The molecule has 1 unspecified atom stereocenters. The molecule has 1 saturated carbocycles. The first-order valence-corrected chi connectivity index (χ1v) is 8.00. The van der Waals surface area contributed by atoms with Gasteiger partial charge in [-0.05, 0) is 36.6 Å². The monoisotopic (exact) mass is 342 g/mol. The second-order valence-electron chi connectivity index (χ2n) is 5.66. The minimum absolute atomic E-state index is 0.185. The lowest BCUT2D eigenvalue weighted by Crippen LogP contribution is -2.50. The highest BCUT2D eigenvalue weighted by Gasteiger charge is 2.26. The van der Waals surface area contributed by atoms with Crippen molar-refractivity contribution in [2.45, 2.75) is 31.5 Å². The van der Waals surface area contributed by atoms with Gasteiger partial charge in [0.25, 0.3) is 0 Å². The van der Waals surface area contributed by atoms with E-state index in [2.05, 4.69) is 26.1 Å². The summed E-state index contributed by atoms with van der Waals surface area (Å²) in [4.78, 5) is 2.39. The van der Waals surface area contributed by atoms with Crippen LogP contribution >= 0.6 is 15.9 Å². The third kappa shape index (κ3) is 4.01. The van der Waals surface area contributed by atoms with Gasteiger partial charge in [0.05, 0.1) is 13.2 Å². The summed E-state index contributed by atoms with van der Waals surface area (Å²) in [5.74, 6) is -0.185. The first-order chi connectivity index (χ1) is 9.70. The van der Waals surface area contributed by atoms with Crippen LogP contribution in [0.3, 0.4) is 0 Å². The highest BCUT2D eigenvalue weighted by atomic mass is 79.9. The fourth-order valence-corrected chi connectivity index (χ4v) is 3.12. The lowest BCUT2D eigenvalue weighted by Gasteiger charge is -2.35. The number of benzene rings is 1. The molecular weight excluding hydrogens is 323 g/mol. The standard InChI is InChI=1S/C15H20BrFN2O/c16-12-5-11(6-13(17)7-12)9-19-3-4-20-10-15(19)8-18-14-1-2-14/h5-7,14-15,18H,1-4,8-10H2. The van der Waals surface area contributed by atoms with Gasteiger partial charge in [-0.3, -0.25) is 4.90 Å². The summed E-state index contributed by atoms with van der Waals surface area (Å²) in [6.07, 6.45) is 2.59. The molecule has 0 aromatic heterocycles. The number of nitrogens with one attached hydrogen (secondary N) is 1. The maximum Gasteiger partial charge on any atom is 0.124 e. The van der Waals surface area contributed by atoms with Crippen LogP contribution in [0.4, 0.5) is 4.39 Å². The van der Waals surface area contributed by atoms with Crippen molar-refractivity contribution in [2.75, 3.05) is 26.3 Å². The largest absolute Gasteiger partial charge is 0.378 e. The van der Waals surface area contributed by atoms with E-state index >= 15 is 0 Å². The predicted molar refractivity (Wildman–Crippen MR) is 80.1 cm³/mol. The zero-order chi connectivity index (χ0) is 13.9. The Morgan fingerprint density at radius 2 is 2.20 bits per heavy atom. The van der Waals surface area contributed by atoms with Crippen molar-refractivity contribution in [3.05, 3.63) is 34.1 Å². The minimum atomic E-state index is -0.185. The van der Waals surface area contributed by atoms with Crippen molar-refractivity contribution in [3.63, 3.8) is 0 Å². The van der Waals surface area contributed by atoms with Crippen LogP contribution in [0, 0.1) is 5.82 Å². The van der Waals surface area contributed by atoms with Crippen LogP contribution < -0.4 is 5.32 Å². The first kappa shape index (κ1) is 14.4. The summed E-state index contributed by atoms with van der Waals surface area (Å²) < 4.78 is 19.8. The van der Waals surface area contributed by atoms with Gasteiger partial charge in [0.15, 0.2) is 0 Å². The molecule has 110 valence electrons. The molecule has 1 saturated heterocycles. The van der Waals surface area contributed by atoms with Gasteiger partial charge in [-0.2, -0.15) is 0 Å². The van der Waals surface area contributed by atoms with Gasteiger partial charge < -0.3 is 10.1 Å². The molecule has 0 radical (unpaired) electrons. The molecule has 0 bridgehead atoms. The Labute approximate surface area is 127 Å². The van der Waals surface area contributed by atoms with Crippen molar-refractivity contribution >= 4 is 15.9 Å². The highest BCUT2D eigenvalue weighted by molar-refractivity contribution is 9.10. The second kappa shape index (κ2) is 6.52. The van der Waals surface area contributed by atoms with Crippen LogP contribution in [0.15, 0.2) is 22.7 Å². The van der Waals surface area contributed by atoms with E-state index in [0.717, 1.165) is 42.9 Å². The number of rotatable bonds is 5. The SMILES string of the molecule is Fc1cc(Br)cc(CN2CCOCC2CNC2CC2)c1. The minimum Gasteiger partial charge on any atom is -0.378 e. The number of ether oxygens (including phenoxy) is 1. The molecule has 0 amide bonds. The summed E-state index contributed by atoms with van der Waals surface area (Å²) >= 11 is 3.36. The van der Waals surface area contributed by atoms with Crippen LogP contribution in [0.1, 0.15) is 18.4 Å². The Bertz CT molecular complexity index is 447. The number of halogens is 2. The summed E-state index contributed by atoms with van der Waals surface area (Å²) in [5.41, 5.74) is 1.01. The first-order valence-electron chi connectivity index (χ1n) is 7.21. The lowest BCUT2D eigenvalue weighted by molar-refractivity contribution is -0.0110. The second-order valence-corrected chi connectivity index (χ2v) is 6.58. The lowest BCUT2D eigenvalue weighted by atomic mass is 10.1. The van der Waals surface area contributed by atoms with Crippen LogP contribution in [-0.4, -0.2) is 43.3 Å². The molecular formula is C15H20BrFN2O. The van der Waals surface area contributed by atoms with Crippen molar-refractivity contribution in [1.29, 1.82) is 0 Å². The summed E-state index contributed by atoms with van der Waals surface area (Å²) in [7, 11) is 0. The van der Waals surface area contributed by atoms with E-state index in [4.69, 9.17) is 4.74 Å². The number of hydrogen-bond donors (Lipinski definition) is 1. The zero-order valence-corrected chi connectivity index (χ0v) is 13.0. The van der Waals surface area contributed by atoms with Crippen molar-refractivity contribution < 1.29 is 9.13 Å². The normalized spacial score (nSPS) is 24.0. The van der Waals surface area contributed by atoms with Gasteiger partial charge in [-0.25, -0.2) is 4.39 Å². The zero-order valence-electron chi connectivity index (χ0n) is 11.4. The Morgan fingerprint density at radius 1 is 1.35 bits per heavy atom. The molecule has 3 rings (SSSR count). The molecule has 0 spiro atoms. The van der Waals surface area contributed by atoms with Gasteiger partial charge >= 0.3 is 0 Å². The van der Waals surface area contributed by atoms with Crippen LogP contribution in [0.2, 0.25) is 0 Å². The average molecular weight is 343 g/mol. The molecule has 1 heterocycles. The van der Waals surface area contributed by atoms with Gasteiger partial charge in [0.2, 0.25) is 0 Å². The van der Waals surface area contributed by atoms with E-state index in [9.17, 15) is 4.39 Å². The Balaban J connectivity index is 1.62. The topological polar surface area (TPSA) is 24.5 Å². The van der Waals surface area contributed by atoms with Gasteiger partial charge in [-0.1, -0.05) is 15.9 Å². The fraction of sp³-hybridized carbons (Fsp3) is 0.600. The molecule has 1 aromatic rings. The quantitative estimate of drug-likeness (QED) is 0.889. The molecule has 2 aliphatic rings. The molecule has 1 N–H and O–H groups in total. The molecule has 1 aromatic carbocycles. The van der Waals surface area contributed by atoms with Crippen molar-refractivity contribution in [3.8, 4) is 0 Å². The molecule has 3 nitrogen and oxygen atoms in total. The predicted octanol–water partition coefficient (Wildman–Crippen LogP) is 2.54. The van der Waals surface area contributed by atoms with Crippen LogP contribution in [-0.2, 0) is 11.3 Å². The van der Waals surface area contributed by atoms with Crippen LogP contribution in [0.25, 0.3) is 0 Å². The number of hydrogen-bond acceptors (Lipinski definition) is 3. The molecule has 1 atom stereocenters. The maximum atomic E-state index is 13.5. The average Bonchev–Trinajstić information content (AvgIpc) is 3.20. The summed E-state index contributed by atoms with van der Waals surface area (Å²) in [6.45, 7) is 4.16. The molecule has 2 fully saturated rings. The molecule has 5 heteroatoms. The highest BCUT2D eigenvalue weighted by Crippen LogP contribution is 2.21. The Hall–Kier alpha value is -0.490. The van der Waals surface area contributed by atoms with Crippen LogP contribution in [0.5, 0.6) is 0 Å². The van der Waals surface area contributed by atoms with Crippen molar-refractivity contribution in [1.82, 2.24) is 10.2 Å². The summed E-state index contributed by atoms with van der Waals surface area (Å²) in [5, 5.41) is 3.56. The number of morpholine rings is 1. The van der Waals surface area contributed by atoms with Crippen molar-refractivity contribution in [2.24, 2.45) is 0 Å². The van der Waals surface area contributed by atoms with Gasteiger partial charge in [-0.15, -0.1) is 0 Å². The Kier molecular flexibility index (Phi) is 4.71. The number of nitrogens with zero attached hydrogens (tertiary/aromatic N) is 1. The molecule has 20 heavy (non-hydrogen) atoms. The van der Waals surface area contributed by atoms with E-state index in [-0.39, 0.29) is 5.82 Å². The van der Waals surface area contributed by atoms with E-state index in [1.165, 1.54) is 18.9 Å². The van der Waals surface area contributed by atoms with E-state index < -0.39 is 0 Å². The molecule has 1 aliphatic carbocycles. The van der Waals surface area contributed by atoms with E-state index in [0.29, 0.717) is 12.1 Å². The fourth-order valence-electron chi connectivity index (χ4n) is 2.61. The van der Waals surface area contributed by atoms with E-state index in [1.54, 1.807) is 6.07 Å². The Morgan fingerprint density at radius 3 is 2.95 bits per heavy atom. The third-order valence-electron chi connectivity index (χ3n) is 3.88.